The Kier molecular flexibility index (Phi) is 1.81. The molecule has 0 N–H and O–H groups in total. The summed E-state index contributed by atoms with van der Waals surface area (Å²) in [5, 5.41) is 0. The van der Waals surface area contributed by atoms with Crippen LogP contribution in [0.1, 0.15) is 6.92 Å². The van der Waals surface area contributed by atoms with Gasteiger partial charge in [-0.2, -0.15) is 0 Å². The Morgan fingerprint density at radius 2 is 1.92 bits per heavy atom. The van der Waals surface area contributed by atoms with Crippen LogP contribution < -0.4 is 0 Å². The highest BCUT2D eigenvalue weighted by molar-refractivity contribution is 5.94. The topological polar surface area (TPSA) is 23.6 Å². The summed E-state index contributed by atoms with van der Waals surface area (Å²) in [5.41, 5.74) is 0.430. The summed E-state index contributed by atoms with van der Waals surface area (Å²) >= 11 is 0. The molecule has 1 spiro atoms. The van der Waals surface area contributed by atoms with Crippen LogP contribution in [0, 0.1) is 17.3 Å². The Bertz CT molecular complexity index is 286. The minimum atomic E-state index is -0.0114. The van der Waals surface area contributed by atoms with Crippen molar-refractivity contribution in [3.63, 3.8) is 0 Å². The van der Waals surface area contributed by atoms with E-state index in [-0.39, 0.29) is 5.91 Å². The Balaban J connectivity index is 1.84. The molecule has 3 nitrogen and oxygen atoms in total. The van der Waals surface area contributed by atoms with Gasteiger partial charge in [0.2, 0.25) is 0 Å². The quantitative estimate of drug-likeness (QED) is 0.479. The molecule has 1 amide bonds. The first kappa shape index (κ1) is 8.58. The van der Waals surface area contributed by atoms with Gasteiger partial charge in [-0.05, 0) is 19.9 Å². The van der Waals surface area contributed by atoms with E-state index >= 15 is 0 Å². The molecule has 0 aliphatic carbocycles. The molecule has 2 heterocycles. The highest BCUT2D eigenvalue weighted by Crippen LogP contribution is 2.38. The molecular formula is C10H14N2O. The molecule has 3 heteroatoms. The molecule has 2 saturated heterocycles. The molecule has 0 aromatic rings. The maximum atomic E-state index is 11.3. The van der Waals surface area contributed by atoms with E-state index < -0.39 is 0 Å². The summed E-state index contributed by atoms with van der Waals surface area (Å²) in [6.45, 7) is 5.78. The van der Waals surface area contributed by atoms with E-state index in [1.165, 1.54) is 0 Å². The van der Waals surface area contributed by atoms with Crippen LogP contribution >= 0.6 is 0 Å². The molecule has 70 valence electrons. The molecule has 0 atom stereocenters. The molecule has 2 fully saturated rings. The van der Waals surface area contributed by atoms with Crippen LogP contribution in [0.3, 0.4) is 0 Å². The fourth-order valence-electron chi connectivity index (χ4n) is 2.39. The molecule has 0 aromatic carbocycles. The first-order valence-electron chi connectivity index (χ1n) is 4.55. The number of hydrogen-bond donors (Lipinski definition) is 0. The van der Waals surface area contributed by atoms with Gasteiger partial charge in [0.15, 0.2) is 0 Å². The first-order valence-corrected chi connectivity index (χ1v) is 4.55. The zero-order valence-corrected chi connectivity index (χ0v) is 8.13. The van der Waals surface area contributed by atoms with Crippen molar-refractivity contribution >= 4 is 5.91 Å². The van der Waals surface area contributed by atoms with Gasteiger partial charge in [-0.25, -0.2) is 0 Å². The molecule has 0 saturated carbocycles. The summed E-state index contributed by atoms with van der Waals surface area (Å²) in [5.74, 6) is 5.19. The van der Waals surface area contributed by atoms with Gasteiger partial charge < -0.3 is 9.80 Å². The lowest BCUT2D eigenvalue weighted by atomic mass is 9.73. The van der Waals surface area contributed by atoms with E-state index in [1.54, 1.807) is 6.92 Å². The molecule has 0 radical (unpaired) electrons. The van der Waals surface area contributed by atoms with Gasteiger partial charge in [0.25, 0.3) is 5.91 Å². The lowest BCUT2D eigenvalue weighted by molar-refractivity contribution is -0.150. The molecule has 2 aliphatic heterocycles. The van der Waals surface area contributed by atoms with E-state index in [4.69, 9.17) is 0 Å². The van der Waals surface area contributed by atoms with Crippen molar-refractivity contribution in [1.82, 2.24) is 9.80 Å². The number of hydrogen-bond acceptors (Lipinski definition) is 2. The monoisotopic (exact) mass is 178 g/mol. The molecule has 2 rings (SSSR count). The van der Waals surface area contributed by atoms with Gasteiger partial charge in [-0.15, -0.1) is 0 Å². The summed E-state index contributed by atoms with van der Waals surface area (Å²) in [7, 11) is 2.11. The molecule has 2 aliphatic rings. The highest BCUT2D eigenvalue weighted by Gasteiger charge is 2.51. The zero-order chi connectivity index (χ0) is 9.47. The van der Waals surface area contributed by atoms with Crippen LogP contribution in [0.15, 0.2) is 0 Å². The SMILES string of the molecule is CC#CC(=O)N1CC2(CN(C)C2)C1. The largest absolute Gasteiger partial charge is 0.330 e. The van der Waals surface area contributed by atoms with E-state index in [0.29, 0.717) is 5.41 Å². The van der Waals surface area contributed by atoms with E-state index in [1.807, 2.05) is 4.90 Å². The van der Waals surface area contributed by atoms with Gasteiger partial charge in [0.05, 0.1) is 0 Å². The summed E-state index contributed by atoms with van der Waals surface area (Å²) in [6.07, 6.45) is 0. The zero-order valence-electron chi connectivity index (χ0n) is 8.13. The molecule has 0 bridgehead atoms. The van der Waals surface area contributed by atoms with Crippen molar-refractivity contribution in [3.8, 4) is 11.8 Å². The standard InChI is InChI=1S/C10H14N2O/c1-3-4-9(13)12-7-10(8-12)5-11(2)6-10/h5-8H2,1-2H3. The Morgan fingerprint density at radius 3 is 2.38 bits per heavy atom. The lowest BCUT2D eigenvalue weighted by Crippen LogP contribution is -2.71. The number of rotatable bonds is 0. The second-order valence-corrected chi connectivity index (χ2v) is 4.21. The predicted molar refractivity (Wildman–Crippen MR) is 50.0 cm³/mol. The Morgan fingerprint density at radius 1 is 1.31 bits per heavy atom. The van der Waals surface area contributed by atoms with Gasteiger partial charge in [-0.1, -0.05) is 5.92 Å². The second kappa shape index (κ2) is 2.74. The third-order valence-corrected chi connectivity index (χ3v) is 2.78. The van der Waals surface area contributed by atoms with Crippen molar-refractivity contribution < 1.29 is 4.79 Å². The van der Waals surface area contributed by atoms with Gasteiger partial charge >= 0.3 is 0 Å². The molecule has 0 unspecified atom stereocenters. The maximum Gasteiger partial charge on any atom is 0.298 e. The van der Waals surface area contributed by atoms with E-state index in [0.717, 1.165) is 26.2 Å². The number of nitrogens with zero attached hydrogens (tertiary/aromatic N) is 2. The Labute approximate surface area is 78.7 Å². The van der Waals surface area contributed by atoms with Crippen molar-refractivity contribution in [2.75, 3.05) is 33.2 Å². The van der Waals surface area contributed by atoms with Crippen LogP contribution in [-0.4, -0.2) is 48.9 Å². The van der Waals surface area contributed by atoms with Gasteiger partial charge in [-0.3, -0.25) is 4.79 Å². The van der Waals surface area contributed by atoms with Crippen molar-refractivity contribution in [1.29, 1.82) is 0 Å². The fourth-order valence-corrected chi connectivity index (χ4v) is 2.39. The van der Waals surface area contributed by atoms with Crippen LogP contribution in [-0.2, 0) is 4.79 Å². The lowest BCUT2D eigenvalue weighted by Gasteiger charge is -2.59. The summed E-state index contributed by atoms with van der Waals surface area (Å²) in [6, 6.07) is 0. The smallest absolute Gasteiger partial charge is 0.298 e. The Hall–Kier alpha value is -1.01. The number of likely N-dealkylation sites (tertiary alicyclic amines) is 2. The number of carbonyl (C=O) groups excluding carboxylic acids is 1. The molecular weight excluding hydrogens is 164 g/mol. The minimum Gasteiger partial charge on any atom is -0.330 e. The third kappa shape index (κ3) is 1.31. The van der Waals surface area contributed by atoms with E-state index in [9.17, 15) is 4.79 Å². The van der Waals surface area contributed by atoms with Crippen LogP contribution in [0.2, 0.25) is 0 Å². The van der Waals surface area contributed by atoms with Crippen molar-refractivity contribution in [2.24, 2.45) is 5.41 Å². The molecule has 0 aromatic heterocycles. The van der Waals surface area contributed by atoms with Crippen molar-refractivity contribution in [2.45, 2.75) is 6.92 Å². The summed E-state index contributed by atoms with van der Waals surface area (Å²) < 4.78 is 0. The predicted octanol–water partition coefficient (Wildman–Crippen LogP) is -0.216. The second-order valence-electron chi connectivity index (χ2n) is 4.21. The average molecular weight is 178 g/mol. The van der Waals surface area contributed by atoms with Crippen molar-refractivity contribution in [3.05, 3.63) is 0 Å². The number of carbonyl (C=O) groups is 1. The first-order chi connectivity index (χ1) is 6.15. The van der Waals surface area contributed by atoms with Crippen LogP contribution in [0.4, 0.5) is 0 Å². The third-order valence-electron chi connectivity index (χ3n) is 2.78. The molecule has 13 heavy (non-hydrogen) atoms. The fraction of sp³-hybridized carbons (Fsp3) is 0.700. The van der Waals surface area contributed by atoms with Gasteiger partial charge in [0, 0.05) is 31.6 Å². The highest BCUT2D eigenvalue weighted by atomic mass is 16.2. The normalized spacial score (nSPS) is 24.3. The summed E-state index contributed by atoms with van der Waals surface area (Å²) in [4.78, 5) is 15.4. The average Bonchev–Trinajstić information content (AvgIpc) is 1.94. The van der Waals surface area contributed by atoms with Gasteiger partial charge in [0.1, 0.15) is 0 Å². The van der Waals surface area contributed by atoms with Crippen LogP contribution in [0.5, 0.6) is 0 Å². The maximum absolute atomic E-state index is 11.3. The number of amides is 1. The minimum absolute atomic E-state index is 0.0114. The van der Waals surface area contributed by atoms with Crippen LogP contribution in [0.25, 0.3) is 0 Å². The van der Waals surface area contributed by atoms with E-state index in [2.05, 4.69) is 23.8 Å².